The molecule has 1 N–H and O–H groups in total. The smallest absolute Gasteiger partial charge is 0.195 e. The van der Waals surface area contributed by atoms with Crippen molar-refractivity contribution in [3.05, 3.63) is 29.3 Å². The number of H-pyrrole nitrogens is 1. The first-order valence-corrected chi connectivity index (χ1v) is 7.65. The molecule has 2 aromatic heterocycles. The Morgan fingerprint density at radius 1 is 1.20 bits per heavy atom. The molecule has 1 aliphatic carbocycles. The van der Waals surface area contributed by atoms with Gasteiger partial charge in [-0.2, -0.15) is 5.10 Å². The molecule has 0 amide bonds. The van der Waals surface area contributed by atoms with Crippen molar-refractivity contribution in [1.82, 2.24) is 19.7 Å². The molecular weight excluding hydrogens is 268 g/mol. The van der Waals surface area contributed by atoms with Crippen LogP contribution in [0.2, 0.25) is 0 Å². The lowest BCUT2D eigenvalue weighted by Crippen LogP contribution is -2.24. The van der Waals surface area contributed by atoms with Crippen LogP contribution in [0.15, 0.2) is 24.5 Å². The third-order valence-electron chi connectivity index (χ3n) is 4.58. The van der Waals surface area contributed by atoms with E-state index < -0.39 is 0 Å². The Bertz CT molecular complexity index is 631. The van der Waals surface area contributed by atoms with Gasteiger partial charge in [-0.3, -0.25) is 14.6 Å². The van der Waals surface area contributed by atoms with E-state index in [1.54, 1.807) is 12.4 Å². The Balaban J connectivity index is 1.98. The summed E-state index contributed by atoms with van der Waals surface area (Å²) in [6, 6.07) is 4.42. The first kappa shape index (κ1) is 13.5. The number of nitrogens with zero attached hydrogens (tertiary/aromatic N) is 3. The molecule has 2 aromatic rings. The van der Waals surface area contributed by atoms with Crippen LogP contribution in [0.25, 0.3) is 11.4 Å². The summed E-state index contributed by atoms with van der Waals surface area (Å²) in [5.74, 6) is 2.47. The minimum Gasteiger partial charge on any atom is -0.297 e. The Kier molecular flexibility index (Phi) is 3.70. The quantitative estimate of drug-likeness (QED) is 0.850. The topological polar surface area (TPSA) is 46.5 Å². The van der Waals surface area contributed by atoms with Crippen molar-refractivity contribution in [2.45, 2.75) is 39.2 Å². The third-order valence-corrected chi connectivity index (χ3v) is 4.87. The molecule has 3 atom stereocenters. The first-order chi connectivity index (χ1) is 9.66. The van der Waals surface area contributed by atoms with Crippen LogP contribution in [0.1, 0.15) is 39.2 Å². The lowest BCUT2D eigenvalue weighted by Gasteiger charge is -2.33. The fourth-order valence-electron chi connectivity index (χ4n) is 3.10. The van der Waals surface area contributed by atoms with E-state index in [4.69, 9.17) is 12.2 Å². The van der Waals surface area contributed by atoms with Crippen LogP contribution in [0.3, 0.4) is 0 Å². The molecule has 0 bridgehead atoms. The predicted octanol–water partition coefficient (Wildman–Crippen LogP) is 4.00. The van der Waals surface area contributed by atoms with Gasteiger partial charge in [-0.1, -0.05) is 13.8 Å². The van der Waals surface area contributed by atoms with Crippen molar-refractivity contribution in [3.8, 4) is 11.4 Å². The number of nitrogens with one attached hydrogen (secondary N) is 1. The maximum atomic E-state index is 5.45. The second kappa shape index (κ2) is 5.48. The van der Waals surface area contributed by atoms with E-state index in [1.165, 1.54) is 19.3 Å². The van der Waals surface area contributed by atoms with E-state index in [0.717, 1.165) is 28.0 Å². The summed E-state index contributed by atoms with van der Waals surface area (Å²) in [7, 11) is 0. The summed E-state index contributed by atoms with van der Waals surface area (Å²) in [5, 5.41) is 7.38. The molecule has 0 radical (unpaired) electrons. The van der Waals surface area contributed by atoms with E-state index in [0.29, 0.717) is 6.04 Å². The van der Waals surface area contributed by atoms with Gasteiger partial charge in [0.15, 0.2) is 10.6 Å². The molecule has 1 aliphatic rings. The molecule has 4 nitrogen and oxygen atoms in total. The minimum atomic E-state index is 0.454. The second-order valence-electron chi connectivity index (χ2n) is 5.88. The van der Waals surface area contributed by atoms with E-state index >= 15 is 0 Å². The molecule has 5 heteroatoms. The molecule has 0 saturated heterocycles. The highest BCUT2D eigenvalue weighted by Crippen LogP contribution is 2.37. The Hall–Kier alpha value is -1.49. The second-order valence-corrected chi connectivity index (χ2v) is 6.27. The summed E-state index contributed by atoms with van der Waals surface area (Å²) in [6.07, 6.45) is 7.20. The van der Waals surface area contributed by atoms with E-state index in [-0.39, 0.29) is 0 Å². The van der Waals surface area contributed by atoms with E-state index in [9.17, 15) is 0 Å². The van der Waals surface area contributed by atoms with Gasteiger partial charge in [-0.05, 0) is 55.4 Å². The molecular formula is C15H20N4S. The van der Waals surface area contributed by atoms with Crippen molar-refractivity contribution in [2.24, 2.45) is 11.8 Å². The van der Waals surface area contributed by atoms with Crippen LogP contribution in [-0.4, -0.2) is 19.7 Å². The lowest BCUT2D eigenvalue weighted by molar-refractivity contribution is 0.210. The van der Waals surface area contributed by atoms with E-state index in [1.807, 2.05) is 12.1 Å². The molecule has 0 spiro atoms. The van der Waals surface area contributed by atoms with Crippen molar-refractivity contribution >= 4 is 12.2 Å². The first-order valence-electron chi connectivity index (χ1n) is 7.24. The number of rotatable bonds is 2. The van der Waals surface area contributed by atoms with Crippen molar-refractivity contribution in [1.29, 1.82) is 0 Å². The Morgan fingerprint density at radius 3 is 2.65 bits per heavy atom. The highest BCUT2D eigenvalue weighted by Gasteiger charge is 2.27. The summed E-state index contributed by atoms with van der Waals surface area (Å²) in [6.45, 7) is 4.69. The van der Waals surface area contributed by atoms with Crippen LogP contribution in [0.4, 0.5) is 0 Å². The fraction of sp³-hybridized carbons (Fsp3) is 0.533. The summed E-state index contributed by atoms with van der Waals surface area (Å²) in [4.78, 5) is 4.07. The highest BCUT2D eigenvalue weighted by atomic mass is 32.1. The molecule has 1 fully saturated rings. The average Bonchev–Trinajstić information content (AvgIpc) is 2.85. The standard InChI is InChI=1S/C15H20N4S/c1-10-3-4-13(9-11(10)2)19-14(17-18-15(19)20)12-5-7-16-8-6-12/h5-8,10-11,13H,3-4,9H2,1-2H3,(H,18,20). The number of pyridine rings is 1. The summed E-state index contributed by atoms with van der Waals surface area (Å²) < 4.78 is 2.93. The largest absolute Gasteiger partial charge is 0.297 e. The molecule has 3 unspecified atom stereocenters. The normalized spacial score (nSPS) is 26.6. The number of aromatic amines is 1. The fourth-order valence-corrected chi connectivity index (χ4v) is 3.38. The van der Waals surface area contributed by atoms with Gasteiger partial charge < -0.3 is 0 Å². The molecule has 2 heterocycles. The molecule has 0 aromatic carbocycles. The molecule has 106 valence electrons. The van der Waals surface area contributed by atoms with Gasteiger partial charge in [0.05, 0.1) is 0 Å². The number of hydrogen-bond acceptors (Lipinski definition) is 3. The molecule has 3 rings (SSSR count). The van der Waals surface area contributed by atoms with Gasteiger partial charge in [-0.25, -0.2) is 0 Å². The summed E-state index contributed by atoms with van der Waals surface area (Å²) >= 11 is 5.45. The number of aromatic nitrogens is 4. The van der Waals surface area contributed by atoms with Crippen molar-refractivity contribution in [2.75, 3.05) is 0 Å². The Labute approximate surface area is 124 Å². The lowest BCUT2D eigenvalue weighted by atomic mass is 9.79. The zero-order valence-electron chi connectivity index (χ0n) is 11.9. The van der Waals surface area contributed by atoms with Gasteiger partial charge in [0.2, 0.25) is 0 Å². The number of hydrogen-bond donors (Lipinski definition) is 1. The SMILES string of the molecule is CC1CCC(n2c(-c3ccncc3)n[nH]c2=S)CC1C. The van der Waals surface area contributed by atoms with Gasteiger partial charge >= 0.3 is 0 Å². The van der Waals surface area contributed by atoms with Gasteiger partial charge in [0.25, 0.3) is 0 Å². The van der Waals surface area contributed by atoms with Gasteiger partial charge in [0, 0.05) is 24.0 Å². The third kappa shape index (κ3) is 2.42. The zero-order valence-corrected chi connectivity index (χ0v) is 12.7. The average molecular weight is 288 g/mol. The molecule has 20 heavy (non-hydrogen) atoms. The maximum absolute atomic E-state index is 5.45. The van der Waals surface area contributed by atoms with Crippen molar-refractivity contribution in [3.63, 3.8) is 0 Å². The van der Waals surface area contributed by atoms with Crippen LogP contribution >= 0.6 is 12.2 Å². The van der Waals surface area contributed by atoms with Crippen LogP contribution in [0, 0.1) is 16.6 Å². The summed E-state index contributed by atoms with van der Waals surface area (Å²) in [5.41, 5.74) is 1.07. The van der Waals surface area contributed by atoms with Crippen LogP contribution in [0.5, 0.6) is 0 Å². The highest BCUT2D eigenvalue weighted by molar-refractivity contribution is 7.71. The Morgan fingerprint density at radius 2 is 1.95 bits per heavy atom. The van der Waals surface area contributed by atoms with Gasteiger partial charge in [-0.15, -0.1) is 0 Å². The van der Waals surface area contributed by atoms with E-state index in [2.05, 4.69) is 33.6 Å². The van der Waals surface area contributed by atoms with Crippen molar-refractivity contribution < 1.29 is 0 Å². The van der Waals surface area contributed by atoms with Crippen LogP contribution < -0.4 is 0 Å². The van der Waals surface area contributed by atoms with Gasteiger partial charge in [0.1, 0.15) is 0 Å². The molecule has 0 aliphatic heterocycles. The minimum absolute atomic E-state index is 0.454. The molecule has 1 saturated carbocycles. The zero-order chi connectivity index (χ0) is 14.1. The monoisotopic (exact) mass is 288 g/mol. The maximum Gasteiger partial charge on any atom is 0.195 e. The van der Waals surface area contributed by atoms with Crippen LogP contribution in [-0.2, 0) is 0 Å². The predicted molar refractivity (Wildman–Crippen MR) is 81.9 cm³/mol.